The molecular formula is C10H8ClN3O. The summed E-state index contributed by atoms with van der Waals surface area (Å²) in [5.74, 6) is -0.564. The van der Waals surface area contributed by atoms with Crippen LogP contribution in [0.5, 0.6) is 0 Å². The molecule has 0 radical (unpaired) electrons. The first-order chi connectivity index (χ1) is 7.18. The Bertz CT molecular complexity index is 507. The van der Waals surface area contributed by atoms with Gasteiger partial charge in [0.1, 0.15) is 0 Å². The SMILES string of the molecule is NC(=O)c1n[nH]cc1-c1cccc(Cl)c1. The van der Waals surface area contributed by atoms with Gasteiger partial charge in [-0.3, -0.25) is 9.89 Å². The standard InChI is InChI=1S/C10H8ClN3O/c11-7-3-1-2-6(4-7)8-5-13-14-9(8)10(12)15/h1-5H,(H2,12,15)(H,13,14). The molecule has 76 valence electrons. The summed E-state index contributed by atoms with van der Waals surface area (Å²) in [5, 5.41) is 6.98. The fourth-order valence-corrected chi connectivity index (χ4v) is 1.54. The van der Waals surface area contributed by atoms with Crippen LogP contribution < -0.4 is 5.73 Å². The first-order valence-electron chi connectivity index (χ1n) is 4.28. The summed E-state index contributed by atoms with van der Waals surface area (Å²) in [5.41, 5.74) is 6.87. The first kappa shape index (κ1) is 9.73. The molecular weight excluding hydrogens is 214 g/mol. The van der Waals surface area contributed by atoms with Crippen LogP contribution in [-0.2, 0) is 0 Å². The second kappa shape index (κ2) is 3.74. The summed E-state index contributed by atoms with van der Waals surface area (Å²) in [6.07, 6.45) is 1.62. The van der Waals surface area contributed by atoms with Crippen LogP contribution in [0.2, 0.25) is 5.02 Å². The van der Waals surface area contributed by atoms with E-state index in [1.807, 2.05) is 6.07 Å². The van der Waals surface area contributed by atoms with E-state index < -0.39 is 5.91 Å². The van der Waals surface area contributed by atoms with Crippen molar-refractivity contribution in [3.8, 4) is 11.1 Å². The number of carbonyl (C=O) groups excluding carboxylic acids is 1. The van der Waals surface area contributed by atoms with E-state index in [4.69, 9.17) is 17.3 Å². The number of amides is 1. The number of nitrogens with two attached hydrogens (primary N) is 1. The molecule has 0 saturated heterocycles. The molecule has 4 nitrogen and oxygen atoms in total. The summed E-state index contributed by atoms with van der Waals surface area (Å²) in [4.78, 5) is 11.0. The lowest BCUT2D eigenvalue weighted by molar-refractivity contribution is 0.0996. The van der Waals surface area contributed by atoms with E-state index in [2.05, 4.69) is 10.2 Å². The molecule has 15 heavy (non-hydrogen) atoms. The third kappa shape index (κ3) is 1.85. The van der Waals surface area contributed by atoms with Crippen molar-refractivity contribution in [1.29, 1.82) is 0 Å². The number of hydrogen-bond acceptors (Lipinski definition) is 2. The summed E-state index contributed by atoms with van der Waals surface area (Å²) in [6, 6.07) is 7.15. The number of carbonyl (C=O) groups is 1. The molecule has 3 N–H and O–H groups in total. The Morgan fingerprint density at radius 2 is 2.27 bits per heavy atom. The number of primary amides is 1. The number of benzene rings is 1. The van der Waals surface area contributed by atoms with Crippen molar-refractivity contribution in [3.05, 3.63) is 41.2 Å². The van der Waals surface area contributed by atoms with E-state index in [1.165, 1.54) is 0 Å². The molecule has 0 unspecified atom stereocenters. The van der Waals surface area contributed by atoms with Crippen molar-refractivity contribution in [2.75, 3.05) is 0 Å². The van der Waals surface area contributed by atoms with Crippen molar-refractivity contribution >= 4 is 17.5 Å². The lowest BCUT2D eigenvalue weighted by Crippen LogP contribution is -2.12. The zero-order valence-electron chi connectivity index (χ0n) is 7.70. The van der Waals surface area contributed by atoms with Gasteiger partial charge in [-0.2, -0.15) is 5.10 Å². The van der Waals surface area contributed by atoms with E-state index in [0.717, 1.165) is 5.56 Å². The molecule has 0 fully saturated rings. The number of aromatic amines is 1. The number of nitrogens with zero attached hydrogens (tertiary/aromatic N) is 1. The smallest absolute Gasteiger partial charge is 0.269 e. The minimum Gasteiger partial charge on any atom is -0.364 e. The van der Waals surface area contributed by atoms with Crippen molar-refractivity contribution in [2.24, 2.45) is 5.73 Å². The largest absolute Gasteiger partial charge is 0.364 e. The Labute approximate surface area is 91.1 Å². The van der Waals surface area contributed by atoms with Gasteiger partial charge in [-0.25, -0.2) is 0 Å². The second-order valence-electron chi connectivity index (χ2n) is 3.02. The predicted molar refractivity (Wildman–Crippen MR) is 57.6 cm³/mol. The highest BCUT2D eigenvalue weighted by Gasteiger charge is 2.12. The zero-order valence-corrected chi connectivity index (χ0v) is 8.45. The first-order valence-corrected chi connectivity index (χ1v) is 4.66. The number of aromatic nitrogens is 2. The molecule has 2 rings (SSSR count). The van der Waals surface area contributed by atoms with Gasteiger partial charge in [0.05, 0.1) is 0 Å². The van der Waals surface area contributed by atoms with Gasteiger partial charge in [0.25, 0.3) is 5.91 Å². The number of nitrogens with one attached hydrogen (secondary N) is 1. The number of halogens is 1. The third-order valence-corrected chi connectivity index (χ3v) is 2.24. The van der Waals surface area contributed by atoms with Crippen molar-refractivity contribution in [2.45, 2.75) is 0 Å². The zero-order chi connectivity index (χ0) is 10.8. The van der Waals surface area contributed by atoms with Crippen LogP contribution in [0.25, 0.3) is 11.1 Å². The number of H-pyrrole nitrogens is 1. The quantitative estimate of drug-likeness (QED) is 0.812. The van der Waals surface area contributed by atoms with Gasteiger partial charge in [0, 0.05) is 16.8 Å². The van der Waals surface area contributed by atoms with Crippen molar-refractivity contribution in [3.63, 3.8) is 0 Å². The molecule has 0 aliphatic heterocycles. The highest BCUT2D eigenvalue weighted by molar-refractivity contribution is 6.30. The van der Waals surface area contributed by atoms with E-state index in [9.17, 15) is 4.79 Å². The van der Waals surface area contributed by atoms with Gasteiger partial charge in [0.2, 0.25) is 0 Å². The third-order valence-electron chi connectivity index (χ3n) is 2.01. The second-order valence-corrected chi connectivity index (χ2v) is 3.46. The molecule has 5 heteroatoms. The number of rotatable bonds is 2. The Morgan fingerprint density at radius 3 is 2.93 bits per heavy atom. The average molecular weight is 222 g/mol. The van der Waals surface area contributed by atoms with Crippen LogP contribution >= 0.6 is 11.6 Å². The lowest BCUT2D eigenvalue weighted by Gasteiger charge is -1.99. The topological polar surface area (TPSA) is 71.8 Å². The summed E-state index contributed by atoms with van der Waals surface area (Å²) >= 11 is 5.85. The maximum absolute atomic E-state index is 11.0. The molecule has 0 atom stereocenters. The van der Waals surface area contributed by atoms with Crippen LogP contribution in [0, 0.1) is 0 Å². The monoisotopic (exact) mass is 221 g/mol. The molecule has 2 aromatic rings. The normalized spacial score (nSPS) is 10.2. The van der Waals surface area contributed by atoms with E-state index in [0.29, 0.717) is 10.6 Å². The van der Waals surface area contributed by atoms with Gasteiger partial charge in [0.15, 0.2) is 5.69 Å². The van der Waals surface area contributed by atoms with Crippen molar-refractivity contribution < 1.29 is 4.79 Å². The summed E-state index contributed by atoms with van der Waals surface area (Å²) < 4.78 is 0. The van der Waals surface area contributed by atoms with Crippen LogP contribution in [0.4, 0.5) is 0 Å². The van der Waals surface area contributed by atoms with Gasteiger partial charge >= 0.3 is 0 Å². The highest BCUT2D eigenvalue weighted by atomic mass is 35.5. The minimum atomic E-state index is -0.564. The highest BCUT2D eigenvalue weighted by Crippen LogP contribution is 2.24. The van der Waals surface area contributed by atoms with Crippen LogP contribution in [0.1, 0.15) is 10.5 Å². The molecule has 1 heterocycles. The van der Waals surface area contributed by atoms with Gasteiger partial charge in [-0.15, -0.1) is 0 Å². The minimum absolute atomic E-state index is 0.220. The van der Waals surface area contributed by atoms with E-state index in [1.54, 1.807) is 24.4 Å². The summed E-state index contributed by atoms with van der Waals surface area (Å²) in [6.45, 7) is 0. The van der Waals surface area contributed by atoms with Crippen molar-refractivity contribution in [1.82, 2.24) is 10.2 Å². The molecule has 0 saturated carbocycles. The molecule has 0 bridgehead atoms. The van der Waals surface area contributed by atoms with Gasteiger partial charge in [-0.1, -0.05) is 23.7 Å². The predicted octanol–water partition coefficient (Wildman–Crippen LogP) is 1.83. The molecule has 0 aliphatic rings. The van der Waals surface area contributed by atoms with E-state index in [-0.39, 0.29) is 5.69 Å². The maximum Gasteiger partial charge on any atom is 0.269 e. The Hall–Kier alpha value is -1.81. The van der Waals surface area contributed by atoms with Gasteiger partial charge < -0.3 is 5.73 Å². The molecule has 1 aromatic carbocycles. The Morgan fingerprint density at radius 1 is 1.47 bits per heavy atom. The Balaban J connectivity index is 2.54. The maximum atomic E-state index is 11.0. The molecule has 1 aromatic heterocycles. The molecule has 0 aliphatic carbocycles. The number of hydrogen-bond donors (Lipinski definition) is 2. The van der Waals surface area contributed by atoms with E-state index >= 15 is 0 Å². The lowest BCUT2D eigenvalue weighted by atomic mass is 10.1. The van der Waals surface area contributed by atoms with Crippen LogP contribution in [-0.4, -0.2) is 16.1 Å². The van der Waals surface area contributed by atoms with Gasteiger partial charge in [-0.05, 0) is 17.7 Å². The molecule has 0 spiro atoms. The molecule has 1 amide bonds. The van der Waals surface area contributed by atoms with Crippen LogP contribution in [0.3, 0.4) is 0 Å². The Kier molecular flexibility index (Phi) is 2.43. The summed E-state index contributed by atoms with van der Waals surface area (Å²) in [7, 11) is 0. The average Bonchev–Trinajstić information content (AvgIpc) is 2.65. The fraction of sp³-hybridized carbons (Fsp3) is 0. The van der Waals surface area contributed by atoms with Crippen LogP contribution in [0.15, 0.2) is 30.5 Å². The fourth-order valence-electron chi connectivity index (χ4n) is 1.35.